The first-order valence-electron chi connectivity index (χ1n) is 7.96. The fourth-order valence-electron chi connectivity index (χ4n) is 3.29. The molecule has 6 heteroatoms. The lowest BCUT2D eigenvalue weighted by molar-refractivity contribution is -0.130. The molecule has 21 heavy (non-hydrogen) atoms. The molecule has 2 heterocycles. The van der Waals surface area contributed by atoms with Crippen LogP contribution < -0.4 is 10.6 Å². The highest BCUT2D eigenvalue weighted by Gasteiger charge is 2.36. The van der Waals surface area contributed by atoms with E-state index in [1.807, 2.05) is 4.90 Å². The lowest BCUT2D eigenvalue weighted by Crippen LogP contribution is -2.41. The molecule has 2 saturated heterocycles. The number of halogens is 1. The molecular formula is C15H28ClN3O2. The number of hydrogen-bond acceptors (Lipinski definition) is 3. The minimum atomic E-state index is -0.162. The zero-order chi connectivity index (χ0) is 14.5. The summed E-state index contributed by atoms with van der Waals surface area (Å²) in [6.45, 7) is 6.52. The smallest absolute Gasteiger partial charge is 0.225 e. The summed E-state index contributed by atoms with van der Waals surface area (Å²) >= 11 is 0. The minimum Gasteiger partial charge on any atom is -0.354 e. The molecule has 2 amide bonds. The second-order valence-corrected chi connectivity index (χ2v) is 5.96. The van der Waals surface area contributed by atoms with Gasteiger partial charge in [-0.2, -0.15) is 0 Å². The van der Waals surface area contributed by atoms with Gasteiger partial charge < -0.3 is 15.5 Å². The number of rotatable bonds is 6. The van der Waals surface area contributed by atoms with Crippen LogP contribution in [0.3, 0.4) is 0 Å². The van der Waals surface area contributed by atoms with E-state index in [2.05, 4.69) is 24.5 Å². The molecule has 0 radical (unpaired) electrons. The van der Waals surface area contributed by atoms with Crippen LogP contribution in [0.15, 0.2) is 0 Å². The van der Waals surface area contributed by atoms with Crippen LogP contribution >= 0.6 is 12.4 Å². The number of nitrogens with zero attached hydrogens (tertiary/aromatic N) is 1. The van der Waals surface area contributed by atoms with E-state index in [1.165, 1.54) is 6.42 Å². The highest BCUT2D eigenvalue weighted by atomic mass is 35.5. The molecule has 2 N–H and O–H groups in total. The molecule has 0 saturated carbocycles. The van der Waals surface area contributed by atoms with Crippen LogP contribution in [0.25, 0.3) is 0 Å². The van der Waals surface area contributed by atoms with Gasteiger partial charge in [0.15, 0.2) is 0 Å². The third kappa shape index (κ3) is 4.58. The van der Waals surface area contributed by atoms with Gasteiger partial charge in [0.1, 0.15) is 0 Å². The van der Waals surface area contributed by atoms with Gasteiger partial charge in [-0.05, 0) is 32.2 Å². The van der Waals surface area contributed by atoms with Crippen molar-refractivity contribution in [1.82, 2.24) is 15.5 Å². The molecule has 2 atom stereocenters. The van der Waals surface area contributed by atoms with Crippen molar-refractivity contribution in [1.29, 1.82) is 0 Å². The summed E-state index contributed by atoms with van der Waals surface area (Å²) in [4.78, 5) is 26.1. The average Bonchev–Trinajstić information content (AvgIpc) is 3.08. The van der Waals surface area contributed by atoms with Crippen molar-refractivity contribution in [2.24, 2.45) is 5.92 Å². The molecule has 0 aromatic heterocycles. The molecule has 2 aliphatic rings. The maximum absolute atomic E-state index is 12.2. The highest BCUT2D eigenvalue weighted by Crippen LogP contribution is 2.23. The number of carbonyl (C=O) groups is 2. The third-order valence-corrected chi connectivity index (χ3v) is 4.60. The van der Waals surface area contributed by atoms with Gasteiger partial charge in [0.05, 0.1) is 5.92 Å². The Kier molecular flexibility index (Phi) is 7.46. The number of likely N-dealkylation sites (tertiary alicyclic amines) is 1. The summed E-state index contributed by atoms with van der Waals surface area (Å²) in [5.74, 6) is 0.0165. The first-order chi connectivity index (χ1) is 9.65. The Hall–Kier alpha value is -0.810. The second-order valence-electron chi connectivity index (χ2n) is 5.96. The van der Waals surface area contributed by atoms with Gasteiger partial charge in [0.25, 0.3) is 0 Å². The van der Waals surface area contributed by atoms with Crippen LogP contribution in [0.2, 0.25) is 0 Å². The number of carbonyl (C=O) groups excluding carboxylic acids is 2. The van der Waals surface area contributed by atoms with Crippen LogP contribution in [0, 0.1) is 5.92 Å². The lowest BCUT2D eigenvalue weighted by atomic mass is 10.1. The largest absolute Gasteiger partial charge is 0.354 e. The Morgan fingerprint density at radius 1 is 1.43 bits per heavy atom. The van der Waals surface area contributed by atoms with Gasteiger partial charge in [-0.15, -0.1) is 12.4 Å². The molecule has 0 spiro atoms. The molecule has 0 aromatic rings. The number of amides is 2. The summed E-state index contributed by atoms with van der Waals surface area (Å²) in [6, 6.07) is 0.697. The molecule has 2 rings (SSSR count). The normalized spacial score (nSPS) is 25.3. The van der Waals surface area contributed by atoms with Crippen molar-refractivity contribution in [3.8, 4) is 0 Å². The van der Waals surface area contributed by atoms with Gasteiger partial charge in [-0.1, -0.05) is 13.8 Å². The van der Waals surface area contributed by atoms with Crippen molar-refractivity contribution >= 4 is 24.2 Å². The molecular weight excluding hydrogens is 290 g/mol. The monoisotopic (exact) mass is 317 g/mol. The van der Waals surface area contributed by atoms with E-state index < -0.39 is 0 Å². The van der Waals surface area contributed by atoms with Crippen molar-refractivity contribution in [2.75, 3.05) is 19.6 Å². The van der Waals surface area contributed by atoms with Crippen molar-refractivity contribution in [3.05, 3.63) is 0 Å². The Labute approximate surface area is 133 Å². The first kappa shape index (κ1) is 18.2. The Bertz CT molecular complexity index is 355. The highest BCUT2D eigenvalue weighted by molar-refractivity contribution is 5.89. The Morgan fingerprint density at radius 2 is 2.14 bits per heavy atom. The van der Waals surface area contributed by atoms with Gasteiger partial charge in [-0.3, -0.25) is 9.59 Å². The molecule has 122 valence electrons. The average molecular weight is 318 g/mol. The van der Waals surface area contributed by atoms with E-state index in [9.17, 15) is 9.59 Å². The van der Waals surface area contributed by atoms with E-state index in [0.717, 1.165) is 25.8 Å². The van der Waals surface area contributed by atoms with E-state index in [4.69, 9.17) is 0 Å². The van der Waals surface area contributed by atoms with Crippen molar-refractivity contribution < 1.29 is 9.59 Å². The SMILES string of the molecule is CCC(CC)N1CC(C(=O)NCC2CCCN2)CC1=O.Cl. The zero-order valence-corrected chi connectivity index (χ0v) is 13.9. The maximum atomic E-state index is 12.2. The van der Waals surface area contributed by atoms with Crippen LogP contribution in [0.1, 0.15) is 46.0 Å². The van der Waals surface area contributed by atoms with Gasteiger partial charge >= 0.3 is 0 Å². The fourth-order valence-corrected chi connectivity index (χ4v) is 3.29. The van der Waals surface area contributed by atoms with Gasteiger partial charge in [0.2, 0.25) is 11.8 Å². The number of hydrogen-bond donors (Lipinski definition) is 2. The molecule has 2 unspecified atom stereocenters. The lowest BCUT2D eigenvalue weighted by Gasteiger charge is -2.26. The quantitative estimate of drug-likeness (QED) is 0.776. The Balaban J connectivity index is 0.00000220. The zero-order valence-electron chi connectivity index (χ0n) is 13.1. The summed E-state index contributed by atoms with van der Waals surface area (Å²) < 4.78 is 0. The molecule has 5 nitrogen and oxygen atoms in total. The van der Waals surface area contributed by atoms with E-state index in [1.54, 1.807) is 0 Å². The van der Waals surface area contributed by atoms with Gasteiger partial charge in [0, 0.05) is 31.6 Å². The molecule has 0 bridgehead atoms. The van der Waals surface area contributed by atoms with E-state index in [0.29, 0.717) is 25.6 Å². The predicted octanol–water partition coefficient (Wildman–Crippen LogP) is 1.31. The molecule has 0 aliphatic carbocycles. The topological polar surface area (TPSA) is 61.4 Å². The maximum Gasteiger partial charge on any atom is 0.225 e. The van der Waals surface area contributed by atoms with Gasteiger partial charge in [-0.25, -0.2) is 0 Å². The Morgan fingerprint density at radius 3 is 2.71 bits per heavy atom. The summed E-state index contributed by atoms with van der Waals surface area (Å²) in [5.41, 5.74) is 0. The van der Waals surface area contributed by atoms with Crippen LogP contribution in [-0.2, 0) is 9.59 Å². The fraction of sp³-hybridized carbons (Fsp3) is 0.867. The summed E-state index contributed by atoms with van der Waals surface area (Å²) in [5, 5.41) is 6.37. The molecule has 2 fully saturated rings. The second kappa shape index (κ2) is 8.59. The van der Waals surface area contributed by atoms with Crippen LogP contribution in [0.4, 0.5) is 0 Å². The van der Waals surface area contributed by atoms with E-state index >= 15 is 0 Å². The minimum absolute atomic E-state index is 0. The summed E-state index contributed by atoms with van der Waals surface area (Å²) in [6.07, 6.45) is 4.61. The van der Waals surface area contributed by atoms with Crippen LogP contribution in [-0.4, -0.2) is 48.4 Å². The number of nitrogens with one attached hydrogen (secondary N) is 2. The summed E-state index contributed by atoms with van der Waals surface area (Å²) in [7, 11) is 0. The van der Waals surface area contributed by atoms with Crippen molar-refractivity contribution in [2.45, 2.75) is 58.0 Å². The first-order valence-corrected chi connectivity index (χ1v) is 7.96. The molecule has 0 aromatic carbocycles. The standard InChI is InChI=1S/C15H27N3O2.ClH/c1-3-13(4-2)18-10-11(8-14(18)19)15(20)17-9-12-6-5-7-16-12;/h11-13,16H,3-10H2,1-2H3,(H,17,20);1H. The van der Waals surface area contributed by atoms with Crippen LogP contribution in [0.5, 0.6) is 0 Å². The molecule has 2 aliphatic heterocycles. The van der Waals surface area contributed by atoms with Crippen molar-refractivity contribution in [3.63, 3.8) is 0 Å². The van der Waals surface area contributed by atoms with E-state index in [-0.39, 0.29) is 36.2 Å². The predicted molar refractivity (Wildman–Crippen MR) is 85.5 cm³/mol. The third-order valence-electron chi connectivity index (χ3n) is 4.60.